The first-order valence-electron chi connectivity index (χ1n) is 14.1. The molecule has 0 amide bonds. The maximum absolute atomic E-state index is 13.8. The van der Waals surface area contributed by atoms with Gasteiger partial charge in [-0.25, -0.2) is 8.78 Å². The second kappa shape index (κ2) is 14.8. The summed E-state index contributed by atoms with van der Waals surface area (Å²) in [5.41, 5.74) is 4.37. The first-order valence-corrected chi connectivity index (χ1v) is 14.1. The predicted molar refractivity (Wildman–Crippen MR) is 163 cm³/mol. The van der Waals surface area contributed by atoms with Gasteiger partial charge in [-0.2, -0.15) is 0 Å². The van der Waals surface area contributed by atoms with E-state index in [1.54, 1.807) is 12.1 Å². The molecule has 1 saturated heterocycles. The van der Waals surface area contributed by atoms with Crippen molar-refractivity contribution in [3.63, 3.8) is 0 Å². The number of hydrogen-bond donors (Lipinski definition) is 1. The Bertz CT molecular complexity index is 1330. The summed E-state index contributed by atoms with van der Waals surface area (Å²) in [6.07, 6.45) is 11.2. The lowest BCUT2D eigenvalue weighted by atomic mass is 9.84. The summed E-state index contributed by atoms with van der Waals surface area (Å²) in [4.78, 5) is 0. The highest BCUT2D eigenvalue weighted by Crippen LogP contribution is 2.36. The van der Waals surface area contributed by atoms with Crippen molar-refractivity contribution in [2.75, 3.05) is 31.5 Å². The number of nitrogens with one attached hydrogen (secondary N) is 1. The Morgan fingerprint density at radius 3 is 1.61 bits per heavy atom. The molecule has 0 radical (unpaired) electrons. The van der Waals surface area contributed by atoms with Crippen molar-refractivity contribution < 1.29 is 25.7 Å². The van der Waals surface area contributed by atoms with Gasteiger partial charge in [0.05, 0.1) is 32.2 Å². The fourth-order valence-electron chi connectivity index (χ4n) is 5.73. The lowest BCUT2D eigenvalue weighted by Gasteiger charge is -2.44. The van der Waals surface area contributed by atoms with Crippen LogP contribution in [0.5, 0.6) is 0 Å². The molecule has 1 N–H and O–H groups in total. The lowest BCUT2D eigenvalue weighted by molar-refractivity contribution is -0.923. The van der Waals surface area contributed by atoms with Crippen molar-refractivity contribution in [3.05, 3.63) is 150 Å². The van der Waals surface area contributed by atoms with Crippen molar-refractivity contribution >= 4 is 17.8 Å². The van der Waals surface area contributed by atoms with E-state index in [2.05, 4.69) is 78.2 Å². The predicted octanol–water partition coefficient (Wildman–Crippen LogP) is 5.78. The molecule has 5 rings (SSSR count). The Hall–Kier alpha value is -3.73. The first-order chi connectivity index (χ1) is 19.6. The van der Waals surface area contributed by atoms with E-state index in [1.165, 1.54) is 35.4 Å². The van der Waals surface area contributed by atoms with Gasteiger partial charge in [0.2, 0.25) is 0 Å². The molecule has 0 aromatic heterocycles. The van der Waals surface area contributed by atoms with E-state index in [4.69, 9.17) is 0 Å². The van der Waals surface area contributed by atoms with E-state index in [1.807, 2.05) is 24.3 Å². The van der Waals surface area contributed by atoms with E-state index in [9.17, 15) is 8.78 Å². The molecular formula is C36H37ClF2N2. The fraction of sp³-hybridized carbons (Fsp3) is 0.222. The van der Waals surface area contributed by atoms with Gasteiger partial charge in [-0.1, -0.05) is 84.9 Å². The number of halogens is 3. The molecule has 0 aliphatic carbocycles. The third kappa shape index (κ3) is 8.63. The van der Waals surface area contributed by atoms with Crippen LogP contribution in [0.25, 0.3) is 12.2 Å². The second-order valence-electron chi connectivity index (χ2n) is 10.8. The minimum absolute atomic E-state index is 0. The van der Waals surface area contributed by atoms with Crippen LogP contribution in [0.2, 0.25) is 0 Å². The third-order valence-corrected chi connectivity index (χ3v) is 8.02. The minimum atomic E-state index is -0.254. The van der Waals surface area contributed by atoms with Gasteiger partial charge in [-0.15, -0.1) is 0 Å². The van der Waals surface area contributed by atoms with Crippen LogP contribution in [0.4, 0.5) is 14.5 Å². The maximum Gasteiger partial charge on any atom is 0.123 e. The van der Waals surface area contributed by atoms with Crippen LogP contribution in [-0.4, -0.2) is 30.7 Å². The smallest absolute Gasteiger partial charge is 0.123 e. The van der Waals surface area contributed by atoms with Crippen molar-refractivity contribution in [2.45, 2.75) is 18.9 Å². The van der Waals surface area contributed by atoms with Gasteiger partial charge in [0.1, 0.15) is 11.6 Å². The van der Waals surface area contributed by atoms with Crippen LogP contribution in [0.15, 0.2) is 121 Å². The van der Waals surface area contributed by atoms with E-state index in [0.717, 1.165) is 54.8 Å². The van der Waals surface area contributed by atoms with Gasteiger partial charge in [0.15, 0.2) is 0 Å². The van der Waals surface area contributed by atoms with Crippen molar-refractivity contribution in [1.29, 1.82) is 0 Å². The largest absolute Gasteiger partial charge is 1.00 e. The van der Waals surface area contributed by atoms with Gasteiger partial charge in [-0.05, 0) is 71.2 Å². The van der Waals surface area contributed by atoms with Gasteiger partial charge in [0.25, 0.3) is 0 Å². The minimum Gasteiger partial charge on any atom is -1.00 e. The Labute approximate surface area is 249 Å². The van der Waals surface area contributed by atoms with Crippen LogP contribution in [0.1, 0.15) is 35.6 Å². The SMILES string of the molecule is Fc1ccc(NC(c2ccc(F)cc2)C2CC[N+](C/C=C/c3ccccc3)(C/C=C/c3ccccc3)CC2)cc1.[Cl-]. The molecule has 212 valence electrons. The third-order valence-electron chi connectivity index (χ3n) is 8.02. The van der Waals surface area contributed by atoms with Crippen LogP contribution in [0, 0.1) is 17.6 Å². The molecule has 1 unspecified atom stereocenters. The Morgan fingerprint density at radius 2 is 1.12 bits per heavy atom. The highest BCUT2D eigenvalue weighted by Gasteiger charge is 2.36. The van der Waals surface area contributed by atoms with E-state index in [0.29, 0.717) is 5.92 Å². The molecule has 4 aromatic rings. The van der Waals surface area contributed by atoms with Gasteiger partial charge in [-0.3, -0.25) is 0 Å². The lowest BCUT2D eigenvalue weighted by Crippen LogP contribution is -3.00. The highest BCUT2D eigenvalue weighted by molar-refractivity contribution is 5.50. The number of anilines is 1. The molecule has 1 aliphatic heterocycles. The van der Waals surface area contributed by atoms with Gasteiger partial charge < -0.3 is 22.2 Å². The number of nitrogens with zero attached hydrogens (tertiary/aromatic N) is 1. The topological polar surface area (TPSA) is 12.0 Å². The van der Waals surface area contributed by atoms with Gasteiger partial charge in [0, 0.05) is 18.5 Å². The molecule has 1 heterocycles. The van der Waals surface area contributed by atoms with Crippen molar-refractivity contribution in [1.82, 2.24) is 0 Å². The second-order valence-corrected chi connectivity index (χ2v) is 10.8. The number of rotatable bonds is 10. The van der Waals surface area contributed by atoms with E-state index in [-0.39, 0.29) is 30.1 Å². The van der Waals surface area contributed by atoms with Crippen molar-refractivity contribution in [3.8, 4) is 0 Å². The molecule has 0 spiro atoms. The number of hydrogen-bond acceptors (Lipinski definition) is 1. The molecule has 5 heteroatoms. The molecule has 1 atom stereocenters. The fourth-order valence-corrected chi connectivity index (χ4v) is 5.73. The van der Waals surface area contributed by atoms with Crippen molar-refractivity contribution in [2.24, 2.45) is 5.92 Å². The number of likely N-dealkylation sites (tertiary alicyclic amines) is 1. The normalized spacial score (nSPS) is 16.0. The molecular weight excluding hydrogens is 534 g/mol. The summed E-state index contributed by atoms with van der Waals surface area (Å²) in [5.74, 6) is -0.118. The monoisotopic (exact) mass is 570 g/mol. The average molecular weight is 571 g/mol. The quantitative estimate of drug-likeness (QED) is 0.239. The molecule has 0 saturated carbocycles. The Kier molecular flexibility index (Phi) is 10.9. The number of benzene rings is 4. The first kappa shape index (κ1) is 30.2. The van der Waals surface area contributed by atoms with Crippen LogP contribution in [0.3, 0.4) is 0 Å². The van der Waals surface area contributed by atoms with Gasteiger partial charge >= 0.3 is 0 Å². The van der Waals surface area contributed by atoms with Crippen LogP contribution < -0.4 is 17.7 Å². The Morgan fingerprint density at radius 1 is 0.659 bits per heavy atom. The molecule has 1 fully saturated rings. The molecule has 1 aliphatic rings. The van der Waals surface area contributed by atoms with E-state index >= 15 is 0 Å². The molecule has 4 aromatic carbocycles. The zero-order valence-corrected chi connectivity index (χ0v) is 23.9. The zero-order valence-electron chi connectivity index (χ0n) is 23.2. The molecule has 41 heavy (non-hydrogen) atoms. The van der Waals surface area contributed by atoms with Crippen LogP contribution in [-0.2, 0) is 0 Å². The standard InChI is InChI=1S/C36H37F2N2.ClH/c37-33-17-15-31(16-18-33)36(39-35-21-19-34(38)20-22-35)32-23-27-40(28-24-32,25-7-13-29-9-3-1-4-10-29)26-8-14-30-11-5-2-6-12-30;/h1-22,32,36,39H,23-28H2;1H/q+1;/p-1/b13-7+,14-8+;. The maximum atomic E-state index is 13.8. The summed E-state index contributed by atoms with van der Waals surface area (Å²) >= 11 is 0. The summed E-state index contributed by atoms with van der Waals surface area (Å²) in [6.45, 7) is 4.03. The summed E-state index contributed by atoms with van der Waals surface area (Å²) in [6, 6.07) is 34.2. The number of piperidine rings is 1. The number of quaternary nitrogens is 1. The Balaban J connectivity index is 0.00000387. The van der Waals surface area contributed by atoms with Crippen LogP contribution >= 0.6 is 0 Å². The summed E-state index contributed by atoms with van der Waals surface area (Å²) < 4.78 is 28.3. The highest BCUT2D eigenvalue weighted by atomic mass is 35.5. The molecule has 0 bridgehead atoms. The average Bonchev–Trinajstić information content (AvgIpc) is 2.99. The van der Waals surface area contributed by atoms with E-state index < -0.39 is 0 Å². The summed E-state index contributed by atoms with van der Waals surface area (Å²) in [7, 11) is 0. The zero-order chi connectivity index (χ0) is 27.6. The molecule has 2 nitrogen and oxygen atoms in total. The summed E-state index contributed by atoms with van der Waals surface area (Å²) in [5, 5.41) is 3.64.